The molecule has 7 heteroatoms. The normalized spacial score (nSPS) is 12.7. The van der Waals surface area contributed by atoms with Crippen LogP contribution in [0.1, 0.15) is 27.7 Å². The number of carbonyl (C=O) groups excluding carboxylic acids is 1. The summed E-state index contributed by atoms with van der Waals surface area (Å²) in [6.07, 6.45) is 1.12. The van der Waals surface area contributed by atoms with Gasteiger partial charge in [-0.2, -0.15) is 0 Å². The van der Waals surface area contributed by atoms with Crippen molar-refractivity contribution in [3.05, 3.63) is 17.5 Å². The summed E-state index contributed by atoms with van der Waals surface area (Å²) in [7, 11) is 0. The van der Waals surface area contributed by atoms with E-state index in [9.17, 15) is 4.79 Å². The van der Waals surface area contributed by atoms with Gasteiger partial charge in [0.25, 0.3) is 0 Å². The van der Waals surface area contributed by atoms with Gasteiger partial charge in [0.2, 0.25) is 5.28 Å². The van der Waals surface area contributed by atoms with E-state index in [-0.39, 0.29) is 11.3 Å². The molecule has 1 aromatic rings. The van der Waals surface area contributed by atoms with Gasteiger partial charge < -0.3 is 15.4 Å². The Kier molecular flexibility index (Phi) is 5.35. The van der Waals surface area contributed by atoms with E-state index in [0.717, 1.165) is 0 Å². The molecule has 1 rings (SSSR count). The van der Waals surface area contributed by atoms with E-state index in [4.69, 9.17) is 16.3 Å². The monoisotopic (exact) mass is 286 g/mol. The van der Waals surface area contributed by atoms with E-state index in [1.165, 1.54) is 0 Å². The number of ether oxygens (including phenoxy) is 1. The van der Waals surface area contributed by atoms with Crippen LogP contribution in [0, 0.1) is 0 Å². The summed E-state index contributed by atoms with van der Waals surface area (Å²) in [5, 5.41) is 5.95. The molecule has 0 aliphatic rings. The molecule has 0 aliphatic heterocycles. The molecule has 0 unspecified atom stereocenters. The summed E-state index contributed by atoms with van der Waals surface area (Å²) in [4.78, 5) is 19.2. The number of anilines is 1. The number of aromatic nitrogens is 2. The first-order valence-electron chi connectivity index (χ1n) is 5.98. The maximum Gasteiger partial charge on any atom is 0.407 e. The number of nitrogens with zero attached hydrogens (tertiary/aromatic N) is 2. The van der Waals surface area contributed by atoms with Crippen LogP contribution in [0.4, 0.5) is 10.6 Å². The van der Waals surface area contributed by atoms with Crippen LogP contribution in [0.15, 0.2) is 12.3 Å². The summed E-state index contributed by atoms with van der Waals surface area (Å²) in [6.45, 7) is 7.77. The third-order valence-corrected chi connectivity index (χ3v) is 2.15. The Morgan fingerprint density at radius 1 is 1.53 bits per heavy atom. The van der Waals surface area contributed by atoms with Crippen molar-refractivity contribution in [2.45, 2.75) is 39.3 Å². The highest BCUT2D eigenvalue weighted by Crippen LogP contribution is 2.08. The Balaban J connectivity index is 2.36. The maximum absolute atomic E-state index is 11.5. The van der Waals surface area contributed by atoms with Crippen molar-refractivity contribution in [3.8, 4) is 0 Å². The van der Waals surface area contributed by atoms with Gasteiger partial charge in [-0.25, -0.2) is 14.8 Å². The number of hydrogen-bond acceptors (Lipinski definition) is 5. The summed E-state index contributed by atoms with van der Waals surface area (Å²) in [5.41, 5.74) is -0.499. The van der Waals surface area contributed by atoms with Crippen molar-refractivity contribution in [2.75, 3.05) is 11.9 Å². The number of amides is 1. The average Bonchev–Trinajstić information content (AvgIpc) is 2.24. The van der Waals surface area contributed by atoms with E-state index >= 15 is 0 Å². The van der Waals surface area contributed by atoms with Gasteiger partial charge in [-0.15, -0.1) is 0 Å². The predicted octanol–water partition coefficient (Wildman–Crippen LogP) is 2.46. The molecule has 0 saturated carbocycles. The van der Waals surface area contributed by atoms with Gasteiger partial charge in [0.1, 0.15) is 11.4 Å². The van der Waals surface area contributed by atoms with Crippen molar-refractivity contribution in [2.24, 2.45) is 0 Å². The zero-order chi connectivity index (χ0) is 14.5. The molecule has 0 aliphatic carbocycles. The number of alkyl carbamates (subject to hydrolysis) is 1. The molecule has 19 heavy (non-hydrogen) atoms. The second-order valence-electron chi connectivity index (χ2n) is 5.14. The largest absolute Gasteiger partial charge is 0.444 e. The molecule has 1 aromatic heterocycles. The fraction of sp³-hybridized carbons (Fsp3) is 0.583. The molecule has 0 bridgehead atoms. The van der Waals surface area contributed by atoms with Gasteiger partial charge in [-0.05, 0) is 45.4 Å². The lowest BCUT2D eigenvalue weighted by Gasteiger charge is -2.21. The first-order valence-corrected chi connectivity index (χ1v) is 6.36. The molecular formula is C12H19ClN4O2. The third kappa shape index (κ3) is 6.81. The van der Waals surface area contributed by atoms with E-state index in [2.05, 4.69) is 20.6 Å². The van der Waals surface area contributed by atoms with Gasteiger partial charge in [0.05, 0.1) is 0 Å². The van der Waals surface area contributed by atoms with Crippen LogP contribution in [0.2, 0.25) is 5.28 Å². The Morgan fingerprint density at radius 3 is 2.79 bits per heavy atom. The zero-order valence-electron chi connectivity index (χ0n) is 11.5. The van der Waals surface area contributed by atoms with Gasteiger partial charge >= 0.3 is 6.09 Å². The Bertz CT molecular complexity index is 434. The first-order chi connectivity index (χ1) is 8.76. The molecule has 0 saturated heterocycles. The third-order valence-electron chi connectivity index (χ3n) is 1.97. The molecule has 106 valence electrons. The van der Waals surface area contributed by atoms with Gasteiger partial charge in [0.15, 0.2) is 0 Å². The number of halogens is 1. The Hall–Kier alpha value is -1.56. The highest BCUT2D eigenvalue weighted by atomic mass is 35.5. The van der Waals surface area contributed by atoms with Gasteiger partial charge in [-0.3, -0.25) is 0 Å². The quantitative estimate of drug-likeness (QED) is 0.832. The molecule has 0 radical (unpaired) electrons. The van der Waals surface area contributed by atoms with Gasteiger partial charge in [0, 0.05) is 18.8 Å². The van der Waals surface area contributed by atoms with Crippen molar-refractivity contribution in [3.63, 3.8) is 0 Å². The van der Waals surface area contributed by atoms with Crippen molar-refractivity contribution < 1.29 is 9.53 Å². The van der Waals surface area contributed by atoms with Crippen LogP contribution >= 0.6 is 11.6 Å². The minimum atomic E-state index is -0.499. The number of rotatable bonds is 4. The SMILES string of the molecule is C[C@@H](CNC(=O)OC(C)(C)C)Nc1ccnc(Cl)n1. The summed E-state index contributed by atoms with van der Waals surface area (Å²) >= 11 is 5.68. The fourth-order valence-electron chi connectivity index (χ4n) is 1.27. The van der Waals surface area contributed by atoms with Crippen LogP contribution in [0.25, 0.3) is 0 Å². The molecular weight excluding hydrogens is 268 g/mol. The zero-order valence-corrected chi connectivity index (χ0v) is 12.3. The number of hydrogen-bond donors (Lipinski definition) is 2. The molecule has 0 spiro atoms. The molecule has 1 atom stereocenters. The standard InChI is InChI=1S/C12H19ClN4O2/c1-8(7-15-11(18)19-12(2,3)4)16-9-5-6-14-10(13)17-9/h5-6,8H,7H2,1-4H3,(H,15,18)(H,14,16,17)/t8-/m0/s1. The van der Waals surface area contributed by atoms with E-state index < -0.39 is 11.7 Å². The molecule has 6 nitrogen and oxygen atoms in total. The van der Waals surface area contributed by atoms with Crippen molar-refractivity contribution >= 4 is 23.5 Å². The van der Waals surface area contributed by atoms with Crippen molar-refractivity contribution in [1.29, 1.82) is 0 Å². The average molecular weight is 287 g/mol. The van der Waals surface area contributed by atoms with E-state index in [1.807, 2.05) is 27.7 Å². The summed E-state index contributed by atoms with van der Waals surface area (Å²) < 4.78 is 5.13. The molecule has 0 fully saturated rings. The van der Waals surface area contributed by atoms with E-state index in [1.54, 1.807) is 12.3 Å². The highest BCUT2D eigenvalue weighted by Gasteiger charge is 2.16. The minimum absolute atomic E-state index is 0.0153. The second-order valence-corrected chi connectivity index (χ2v) is 5.48. The predicted molar refractivity (Wildman–Crippen MR) is 74.4 cm³/mol. The number of carbonyl (C=O) groups is 1. The molecule has 1 amide bonds. The van der Waals surface area contributed by atoms with Gasteiger partial charge in [-0.1, -0.05) is 0 Å². The lowest BCUT2D eigenvalue weighted by Crippen LogP contribution is -2.38. The topological polar surface area (TPSA) is 76.1 Å². The maximum atomic E-state index is 11.5. The molecule has 2 N–H and O–H groups in total. The number of nitrogens with one attached hydrogen (secondary N) is 2. The summed E-state index contributed by atoms with van der Waals surface area (Å²) in [5.74, 6) is 0.610. The fourth-order valence-corrected chi connectivity index (χ4v) is 1.42. The lowest BCUT2D eigenvalue weighted by atomic mass is 10.2. The van der Waals surface area contributed by atoms with Crippen molar-refractivity contribution in [1.82, 2.24) is 15.3 Å². The minimum Gasteiger partial charge on any atom is -0.444 e. The van der Waals surface area contributed by atoms with Crippen LogP contribution in [-0.2, 0) is 4.74 Å². The Morgan fingerprint density at radius 2 is 2.21 bits per heavy atom. The smallest absolute Gasteiger partial charge is 0.407 e. The second kappa shape index (κ2) is 6.56. The first kappa shape index (κ1) is 15.5. The highest BCUT2D eigenvalue weighted by molar-refractivity contribution is 6.28. The van der Waals surface area contributed by atoms with Crippen LogP contribution in [0.3, 0.4) is 0 Å². The summed E-state index contributed by atoms with van der Waals surface area (Å²) in [6, 6.07) is 1.69. The Labute approximate surface area is 117 Å². The molecule has 0 aromatic carbocycles. The van der Waals surface area contributed by atoms with Crippen LogP contribution in [0.5, 0.6) is 0 Å². The lowest BCUT2D eigenvalue weighted by molar-refractivity contribution is 0.0526. The molecule has 1 heterocycles. The van der Waals surface area contributed by atoms with Crippen LogP contribution in [-0.4, -0.2) is 34.2 Å². The van der Waals surface area contributed by atoms with Crippen LogP contribution < -0.4 is 10.6 Å². The van der Waals surface area contributed by atoms with E-state index in [0.29, 0.717) is 12.4 Å².